The maximum Gasteiger partial charge on any atom is 0.251 e. The Hall–Kier alpha value is -3.03. The molecule has 0 saturated heterocycles. The molecule has 8 heteroatoms. The molecule has 3 aromatic rings. The summed E-state index contributed by atoms with van der Waals surface area (Å²) in [6, 6.07) is 6.81. The number of aromatic nitrogens is 5. The lowest BCUT2D eigenvalue weighted by atomic mass is 10.0. The van der Waals surface area contributed by atoms with Crippen LogP contribution in [0.1, 0.15) is 47.8 Å². The summed E-state index contributed by atoms with van der Waals surface area (Å²) in [5, 5.41) is 13.7. The Morgan fingerprint density at radius 1 is 1.24 bits per heavy atom. The van der Waals surface area contributed by atoms with Gasteiger partial charge in [-0.2, -0.15) is 10.1 Å². The lowest BCUT2D eigenvalue weighted by Crippen LogP contribution is -2.32. The van der Waals surface area contributed by atoms with Gasteiger partial charge in [-0.05, 0) is 31.9 Å². The first-order chi connectivity index (χ1) is 11.9. The predicted octanol–water partition coefficient (Wildman–Crippen LogP) is 2.60. The summed E-state index contributed by atoms with van der Waals surface area (Å²) in [6.07, 6.45) is 0. The van der Waals surface area contributed by atoms with Crippen LogP contribution in [0.4, 0.5) is 0 Å². The van der Waals surface area contributed by atoms with Crippen LogP contribution in [0.25, 0.3) is 11.4 Å². The first kappa shape index (κ1) is 16.8. The van der Waals surface area contributed by atoms with Gasteiger partial charge in [0.05, 0.1) is 0 Å². The molecule has 0 unspecified atom stereocenters. The van der Waals surface area contributed by atoms with Gasteiger partial charge in [0, 0.05) is 11.1 Å². The highest BCUT2D eigenvalue weighted by Gasteiger charge is 2.24. The highest BCUT2D eigenvalue weighted by atomic mass is 16.5. The molecule has 130 valence electrons. The monoisotopic (exact) mass is 340 g/mol. The minimum atomic E-state index is -0.358. The minimum absolute atomic E-state index is 0.0997. The number of nitrogens with zero attached hydrogens (tertiary/aromatic N) is 4. The van der Waals surface area contributed by atoms with Crippen LogP contribution in [-0.2, 0) is 0 Å². The zero-order chi connectivity index (χ0) is 18.0. The molecule has 8 nitrogen and oxygen atoms in total. The molecule has 1 amide bonds. The van der Waals surface area contributed by atoms with E-state index in [-0.39, 0.29) is 17.9 Å². The Bertz CT molecular complexity index is 883. The second-order valence-electron chi connectivity index (χ2n) is 6.20. The zero-order valence-corrected chi connectivity index (χ0v) is 14.6. The van der Waals surface area contributed by atoms with Crippen molar-refractivity contribution >= 4 is 5.91 Å². The molecule has 0 radical (unpaired) electrons. The van der Waals surface area contributed by atoms with Gasteiger partial charge in [0.25, 0.3) is 5.91 Å². The van der Waals surface area contributed by atoms with E-state index in [1.807, 2.05) is 26.8 Å². The van der Waals surface area contributed by atoms with Crippen molar-refractivity contribution in [2.45, 2.75) is 33.7 Å². The van der Waals surface area contributed by atoms with E-state index in [1.54, 1.807) is 25.1 Å². The Kier molecular flexibility index (Phi) is 4.60. The first-order valence-corrected chi connectivity index (χ1v) is 8.04. The number of aryl methyl sites for hydroxylation is 2. The molecule has 1 aromatic carbocycles. The number of aromatic amines is 1. The van der Waals surface area contributed by atoms with Gasteiger partial charge < -0.3 is 9.84 Å². The molecule has 0 aliphatic heterocycles. The van der Waals surface area contributed by atoms with Crippen LogP contribution in [0.2, 0.25) is 0 Å². The molecule has 0 aliphatic rings. The summed E-state index contributed by atoms with van der Waals surface area (Å²) in [5.41, 5.74) is 1.29. The third kappa shape index (κ3) is 3.73. The van der Waals surface area contributed by atoms with Crippen molar-refractivity contribution in [1.29, 1.82) is 0 Å². The Balaban J connectivity index is 1.82. The second-order valence-corrected chi connectivity index (χ2v) is 6.20. The maximum absolute atomic E-state index is 12.7. The molecule has 0 aliphatic carbocycles. The molecular formula is C17H20N6O2. The first-order valence-electron chi connectivity index (χ1n) is 8.04. The van der Waals surface area contributed by atoms with Crippen LogP contribution < -0.4 is 5.32 Å². The number of carbonyl (C=O) groups is 1. The second kappa shape index (κ2) is 6.84. The topological polar surface area (TPSA) is 110 Å². The van der Waals surface area contributed by atoms with Crippen molar-refractivity contribution < 1.29 is 9.32 Å². The average Bonchev–Trinajstić information content (AvgIpc) is 3.20. The molecule has 2 N–H and O–H groups in total. The fourth-order valence-electron chi connectivity index (χ4n) is 2.45. The SMILES string of the molecule is Cc1noc([C@@H](NC(=O)c2cccc(-c3n[nH]c(C)n3)c2)C(C)C)n1. The molecule has 0 saturated carbocycles. The lowest BCUT2D eigenvalue weighted by Gasteiger charge is -2.18. The summed E-state index contributed by atoms with van der Waals surface area (Å²) < 4.78 is 5.22. The fourth-order valence-corrected chi connectivity index (χ4v) is 2.45. The highest BCUT2D eigenvalue weighted by molar-refractivity contribution is 5.95. The van der Waals surface area contributed by atoms with E-state index < -0.39 is 0 Å². The number of carbonyl (C=O) groups excluding carboxylic acids is 1. The van der Waals surface area contributed by atoms with Gasteiger partial charge >= 0.3 is 0 Å². The smallest absolute Gasteiger partial charge is 0.251 e. The van der Waals surface area contributed by atoms with E-state index in [0.717, 1.165) is 11.4 Å². The lowest BCUT2D eigenvalue weighted by molar-refractivity contribution is 0.0914. The van der Waals surface area contributed by atoms with Gasteiger partial charge in [-0.3, -0.25) is 9.89 Å². The summed E-state index contributed by atoms with van der Waals surface area (Å²) in [6.45, 7) is 7.54. The molecule has 3 rings (SSSR count). The average molecular weight is 340 g/mol. The molecule has 0 bridgehead atoms. The normalized spacial score (nSPS) is 12.4. The summed E-state index contributed by atoms with van der Waals surface area (Å²) >= 11 is 0. The van der Waals surface area contributed by atoms with E-state index in [1.165, 1.54) is 0 Å². The fraction of sp³-hybridized carbons (Fsp3) is 0.353. The van der Waals surface area contributed by atoms with Crippen LogP contribution in [0.15, 0.2) is 28.8 Å². The molecule has 0 spiro atoms. The number of rotatable bonds is 5. The molecule has 2 aromatic heterocycles. The van der Waals surface area contributed by atoms with Crippen molar-refractivity contribution in [2.24, 2.45) is 5.92 Å². The number of benzene rings is 1. The van der Waals surface area contributed by atoms with Crippen molar-refractivity contribution in [3.05, 3.63) is 47.4 Å². The van der Waals surface area contributed by atoms with Gasteiger partial charge in [-0.25, -0.2) is 4.98 Å². The Morgan fingerprint density at radius 3 is 2.64 bits per heavy atom. The van der Waals surface area contributed by atoms with Crippen molar-refractivity contribution in [1.82, 2.24) is 30.6 Å². The summed E-state index contributed by atoms with van der Waals surface area (Å²) in [7, 11) is 0. The standard InChI is InChI=1S/C17H20N6O2/c1-9(2)14(17-19-11(4)23-25-17)20-16(24)13-7-5-6-12(8-13)15-18-10(3)21-22-15/h5-9,14H,1-4H3,(H,20,24)(H,18,21,22)/t14-/m0/s1. The van der Waals surface area contributed by atoms with E-state index in [0.29, 0.717) is 23.1 Å². The molecule has 2 heterocycles. The van der Waals surface area contributed by atoms with Gasteiger partial charge in [-0.15, -0.1) is 0 Å². The van der Waals surface area contributed by atoms with Crippen molar-refractivity contribution in [3.63, 3.8) is 0 Å². The highest BCUT2D eigenvalue weighted by Crippen LogP contribution is 2.22. The predicted molar refractivity (Wildman–Crippen MR) is 90.6 cm³/mol. The number of amides is 1. The minimum Gasteiger partial charge on any atom is -0.340 e. The van der Waals surface area contributed by atoms with Crippen LogP contribution >= 0.6 is 0 Å². The quantitative estimate of drug-likeness (QED) is 0.739. The van der Waals surface area contributed by atoms with Crippen LogP contribution in [0, 0.1) is 19.8 Å². The summed E-state index contributed by atoms with van der Waals surface area (Å²) in [4.78, 5) is 21.2. The number of hydrogen-bond acceptors (Lipinski definition) is 6. The molecular weight excluding hydrogens is 320 g/mol. The Labute approximate surface area is 145 Å². The summed E-state index contributed by atoms with van der Waals surface area (Å²) in [5.74, 6) is 2.10. The molecule has 1 atom stereocenters. The Morgan fingerprint density at radius 2 is 2.04 bits per heavy atom. The third-order valence-corrected chi connectivity index (χ3v) is 3.74. The number of hydrogen-bond donors (Lipinski definition) is 2. The van der Waals surface area contributed by atoms with Gasteiger partial charge in [0.15, 0.2) is 11.6 Å². The van der Waals surface area contributed by atoms with Crippen LogP contribution in [0.3, 0.4) is 0 Å². The number of H-pyrrole nitrogens is 1. The van der Waals surface area contributed by atoms with Crippen molar-refractivity contribution in [2.75, 3.05) is 0 Å². The van der Waals surface area contributed by atoms with E-state index >= 15 is 0 Å². The number of nitrogens with one attached hydrogen (secondary N) is 2. The molecule has 25 heavy (non-hydrogen) atoms. The van der Waals surface area contributed by atoms with E-state index in [2.05, 4.69) is 30.6 Å². The molecule has 0 fully saturated rings. The van der Waals surface area contributed by atoms with Crippen LogP contribution in [0.5, 0.6) is 0 Å². The van der Waals surface area contributed by atoms with Gasteiger partial charge in [-0.1, -0.05) is 31.1 Å². The van der Waals surface area contributed by atoms with E-state index in [9.17, 15) is 4.79 Å². The largest absolute Gasteiger partial charge is 0.340 e. The van der Waals surface area contributed by atoms with Gasteiger partial charge in [0.2, 0.25) is 5.89 Å². The van der Waals surface area contributed by atoms with Gasteiger partial charge in [0.1, 0.15) is 11.9 Å². The zero-order valence-electron chi connectivity index (χ0n) is 14.6. The van der Waals surface area contributed by atoms with E-state index in [4.69, 9.17) is 4.52 Å². The van der Waals surface area contributed by atoms with Crippen molar-refractivity contribution in [3.8, 4) is 11.4 Å². The van der Waals surface area contributed by atoms with Crippen LogP contribution in [-0.4, -0.2) is 31.2 Å². The third-order valence-electron chi connectivity index (χ3n) is 3.74. The maximum atomic E-state index is 12.7.